The lowest BCUT2D eigenvalue weighted by Crippen LogP contribution is -2.41. The summed E-state index contributed by atoms with van der Waals surface area (Å²) < 4.78 is 33.9. The summed E-state index contributed by atoms with van der Waals surface area (Å²) in [5.41, 5.74) is 5.18. The molecule has 2 aromatic carbocycles. The Morgan fingerprint density at radius 3 is 2.14 bits per heavy atom. The molecule has 0 aliphatic rings. The first kappa shape index (κ1) is 22.2. The van der Waals surface area contributed by atoms with Crippen molar-refractivity contribution in [2.75, 3.05) is 13.7 Å². The molecule has 0 heterocycles. The fourth-order valence-electron chi connectivity index (χ4n) is 2.45. The molecule has 0 saturated carbocycles. The van der Waals surface area contributed by atoms with Crippen molar-refractivity contribution in [1.82, 2.24) is 10.9 Å². The fourth-order valence-corrected chi connectivity index (χ4v) is 3.25. The van der Waals surface area contributed by atoms with Gasteiger partial charge in [0.05, 0.1) is 18.6 Å². The predicted octanol–water partition coefficient (Wildman–Crippen LogP) is 1.51. The quantitative estimate of drug-likeness (QED) is 0.580. The minimum Gasteiger partial charge on any atom is -0.493 e. The van der Waals surface area contributed by atoms with Gasteiger partial charge in [0.15, 0.2) is 11.5 Å². The van der Waals surface area contributed by atoms with Crippen molar-refractivity contribution in [1.29, 1.82) is 0 Å². The molecular formula is C19H23N3O6S. The van der Waals surface area contributed by atoms with Crippen LogP contribution in [0.5, 0.6) is 11.5 Å². The van der Waals surface area contributed by atoms with E-state index < -0.39 is 21.8 Å². The smallest absolute Gasteiger partial charge is 0.269 e. The van der Waals surface area contributed by atoms with Crippen molar-refractivity contribution in [3.8, 4) is 11.5 Å². The summed E-state index contributed by atoms with van der Waals surface area (Å²) in [4.78, 5) is 24.4. The first-order valence-electron chi connectivity index (χ1n) is 8.72. The number of hydrogen-bond acceptors (Lipinski definition) is 6. The zero-order valence-electron chi connectivity index (χ0n) is 16.3. The van der Waals surface area contributed by atoms with Crippen LogP contribution in [0.3, 0.4) is 0 Å². The highest BCUT2D eigenvalue weighted by Crippen LogP contribution is 2.28. The number of carbonyl (C=O) groups excluding carboxylic acids is 2. The number of hydrazine groups is 1. The van der Waals surface area contributed by atoms with E-state index >= 15 is 0 Å². The number of rotatable bonds is 7. The number of carbonyl (C=O) groups is 2. The number of primary sulfonamides is 1. The third-order valence-electron chi connectivity index (χ3n) is 3.93. The maximum absolute atomic E-state index is 12.3. The van der Waals surface area contributed by atoms with Crippen molar-refractivity contribution < 1.29 is 27.5 Å². The summed E-state index contributed by atoms with van der Waals surface area (Å²) in [5.74, 6) is -0.394. The highest BCUT2D eigenvalue weighted by Gasteiger charge is 2.16. The molecule has 2 rings (SSSR count). The zero-order valence-corrected chi connectivity index (χ0v) is 17.1. The number of hydrogen-bond donors (Lipinski definition) is 3. The molecule has 0 aliphatic heterocycles. The Balaban J connectivity index is 2.10. The number of aryl methyl sites for hydroxylation is 1. The van der Waals surface area contributed by atoms with E-state index in [0.29, 0.717) is 23.7 Å². The van der Waals surface area contributed by atoms with E-state index in [0.717, 1.165) is 12.5 Å². The Morgan fingerprint density at radius 2 is 1.59 bits per heavy atom. The van der Waals surface area contributed by atoms with Crippen molar-refractivity contribution >= 4 is 21.8 Å². The van der Waals surface area contributed by atoms with Crippen LogP contribution in [0.1, 0.15) is 39.6 Å². The van der Waals surface area contributed by atoms with Crippen LogP contribution in [-0.2, 0) is 10.0 Å². The second kappa shape index (κ2) is 9.39. The molecule has 9 nitrogen and oxygen atoms in total. The molecule has 2 amide bonds. The van der Waals surface area contributed by atoms with Gasteiger partial charge in [0.2, 0.25) is 10.0 Å². The van der Waals surface area contributed by atoms with E-state index in [4.69, 9.17) is 14.6 Å². The van der Waals surface area contributed by atoms with Crippen LogP contribution in [0.4, 0.5) is 0 Å². The number of nitrogens with one attached hydrogen (secondary N) is 2. The molecule has 0 aliphatic carbocycles. The van der Waals surface area contributed by atoms with Gasteiger partial charge in [-0.1, -0.05) is 13.0 Å². The lowest BCUT2D eigenvalue weighted by molar-refractivity contribution is 0.0846. The topological polar surface area (TPSA) is 137 Å². The first-order chi connectivity index (χ1) is 13.7. The van der Waals surface area contributed by atoms with Crippen LogP contribution in [0.2, 0.25) is 0 Å². The molecular weight excluding hydrogens is 398 g/mol. The van der Waals surface area contributed by atoms with E-state index in [1.54, 1.807) is 13.0 Å². The number of ether oxygens (including phenoxy) is 2. The van der Waals surface area contributed by atoms with Gasteiger partial charge in [-0.2, -0.15) is 0 Å². The number of amides is 2. The minimum absolute atomic E-state index is 0.0285. The highest BCUT2D eigenvalue weighted by atomic mass is 32.2. The second-order valence-corrected chi connectivity index (χ2v) is 7.68. The molecule has 0 bridgehead atoms. The van der Waals surface area contributed by atoms with E-state index in [-0.39, 0.29) is 16.0 Å². The third kappa shape index (κ3) is 5.69. The fraction of sp³-hybridized carbons (Fsp3) is 0.263. The third-order valence-corrected chi connectivity index (χ3v) is 4.99. The summed E-state index contributed by atoms with van der Waals surface area (Å²) in [6, 6.07) is 8.64. The minimum atomic E-state index is -3.98. The lowest BCUT2D eigenvalue weighted by atomic mass is 10.1. The molecule has 0 aromatic heterocycles. The normalized spacial score (nSPS) is 10.9. The van der Waals surface area contributed by atoms with E-state index in [1.807, 2.05) is 6.92 Å². The van der Waals surface area contributed by atoms with Gasteiger partial charge in [-0.3, -0.25) is 20.4 Å². The van der Waals surface area contributed by atoms with E-state index in [2.05, 4.69) is 10.9 Å². The summed E-state index contributed by atoms with van der Waals surface area (Å²) >= 11 is 0. The number of methoxy groups -OCH3 is 1. The number of nitrogens with two attached hydrogens (primary N) is 1. The molecule has 4 N–H and O–H groups in total. The molecule has 156 valence electrons. The Kier molecular flexibility index (Phi) is 7.18. The van der Waals surface area contributed by atoms with Crippen molar-refractivity contribution in [3.05, 3.63) is 53.1 Å². The van der Waals surface area contributed by atoms with Crippen LogP contribution < -0.4 is 25.5 Å². The van der Waals surface area contributed by atoms with Gasteiger partial charge in [-0.05, 0) is 49.2 Å². The van der Waals surface area contributed by atoms with Crippen LogP contribution in [0.15, 0.2) is 41.3 Å². The van der Waals surface area contributed by atoms with Crippen LogP contribution >= 0.6 is 0 Å². The largest absolute Gasteiger partial charge is 0.493 e. The van der Waals surface area contributed by atoms with Gasteiger partial charge in [0.25, 0.3) is 11.8 Å². The maximum Gasteiger partial charge on any atom is 0.269 e. The molecule has 0 spiro atoms. The Morgan fingerprint density at radius 1 is 1.00 bits per heavy atom. The summed E-state index contributed by atoms with van der Waals surface area (Å²) in [6.45, 7) is 4.04. The summed E-state index contributed by atoms with van der Waals surface area (Å²) in [6.07, 6.45) is 0.823. The molecule has 0 radical (unpaired) electrons. The summed E-state index contributed by atoms with van der Waals surface area (Å²) in [5, 5.41) is 5.14. The Bertz CT molecular complexity index is 1020. The molecule has 0 atom stereocenters. The van der Waals surface area contributed by atoms with E-state index in [1.165, 1.54) is 31.4 Å². The molecule has 10 heteroatoms. The van der Waals surface area contributed by atoms with Gasteiger partial charge in [0.1, 0.15) is 0 Å². The SMILES string of the molecule is CCCOc1ccc(C(=O)NNC(=O)c2ccc(C)c(S(N)(=O)=O)c2)cc1OC. The summed E-state index contributed by atoms with van der Waals surface area (Å²) in [7, 11) is -2.52. The van der Waals surface area contributed by atoms with Crippen molar-refractivity contribution in [2.24, 2.45) is 5.14 Å². The molecule has 0 fully saturated rings. The van der Waals surface area contributed by atoms with Gasteiger partial charge in [-0.25, -0.2) is 13.6 Å². The van der Waals surface area contributed by atoms with Crippen LogP contribution in [0.25, 0.3) is 0 Å². The lowest BCUT2D eigenvalue weighted by Gasteiger charge is -2.12. The van der Waals surface area contributed by atoms with Gasteiger partial charge < -0.3 is 9.47 Å². The van der Waals surface area contributed by atoms with Crippen LogP contribution in [-0.4, -0.2) is 33.9 Å². The van der Waals surface area contributed by atoms with Crippen LogP contribution in [0, 0.1) is 6.92 Å². The molecule has 0 unspecified atom stereocenters. The van der Waals surface area contributed by atoms with E-state index in [9.17, 15) is 18.0 Å². The number of sulfonamides is 1. The maximum atomic E-state index is 12.3. The number of benzene rings is 2. The average Bonchev–Trinajstić information content (AvgIpc) is 2.69. The monoisotopic (exact) mass is 421 g/mol. The van der Waals surface area contributed by atoms with Gasteiger partial charge >= 0.3 is 0 Å². The first-order valence-corrected chi connectivity index (χ1v) is 10.3. The predicted molar refractivity (Wildman–Crippen MR) is 106 cm³/mol. The second-order valence-electron chi connectivity index (χ2n) is 6.15. The highest BCUT2D eigenvalue weighted by molar-refractivity contribution is 7.89. The molecule has 2 aromatic rings. The zero-order chi connectivity index (χ0) is 21.6. The van der Waals surface area contributed by atoms with Crippen molar-refractivity contribution in [2.45, 2.75) is 25.2 Å². The molecule has 29 heavy (non-hydrogen) atoms. The Labute approximate surface area is 169 Å². The van der Waals surface area contributed by atoms with Gasteiger partial charge in [-0.15, -0.1) is 0 Å². The molecule has 0 saturated heterocycles. The standard InChI is InChI=1S/C19H23N3O6S/c1-4-9-28-15-8-7-13(10-16(15)27-3)18(23)21-22-19(24)14-6-5-12(2)17(11-14)29(20,25)26/h5-8,10-11H,4,9H2,1-3H3,(H,21,23)(H,22,24)(H2,20,25,26). The Hall–Kier alpha value is -3.11. The average molecular weight is 421 g/mol. The van der Waals surface area contributed by atoms with Gasteiger partial charge in [0, 0.05) is 11.1 Å². The van der Waals surface area contributed by atoms with Crippen molar-refractivity contribution in [3.63, 3.8) is 0 Å².